The number of hydrogen-bond donors (Lipinski definition) is 1. The summed E-state index contributed by atoms with van der Waals surface area (Å²) in [4.78, 5) is 0. The van der Waals surface area contributed by atoms with E-state index in [4.69, 9.17) is 21.1 Å². The van der Waals surface area contributed by atoms with Crippen molar-refractivity contribution in [2.75, 3.05) is 6.61 Å². The van der Waals surface area contributed by atoms with E-state index in [0.29, 0.717) is 30.0 Å². The Kier molecular flexibility index (Phi) is 9.26. The van der Waals surface area contributed by atoms with Crippen LogP contribution in [0.2, 0.25) is 5.02 Å². The molecule has 0 fully saturated rings. The van der Waals surface area contributed by atoms with Gasteiger partial charge in [-0.05, 0) is 83.6 Å². The van der Waals surface area contributed by atoms with Gasteiger partial charge in [-0.15, -0.1) is 0 Å². The quantitative estimate of drug-likeness (QED) is 0.301. The molecule has 1 N–H and O–H groups in total. The second kappa shape index (κ2) is 12.1. The van der Waals surface area contributed by atoms with Crippen LogP contribution in [0.25, 0.3) is 0 Å². The van der Waals surface area contributed by atoms with Gasteiger partial charge in [-0.2, -0.15) is 0 Å². The van der Waals surface area contributed by atoms with Crippen molar-refractivity contribution in [3.8, 4) is 11.5 Å². The Morgan fingerprint density at radius 2 is 1.71 bits per heavy atom. The first-order valence-corrected chi connectivity index (χ1v) is 11.8. The highest BCUT2D eigenvalue weighted by Gasteiger charge is 2.13. The molecular weight excluding hydrogens is 474 g/mol. The van der Waals surface area contributed by atoms with Crippen LogP contribution in [0.3, 0.4) is 0 Å². The number of aryl methyl sites for hydroxylation is 1. The fourth-order valence-corrected chi connectivity index (χ4v) is 4.15. The highest BCUT2D eigenvalue weighted by atomic mass is 79.9. The molecule has 0 heterocycles. The van der Waals surface area contributed by atoms with E-state index in [2.05, 4.69) is 70.6 Å². The van der Waals surface area contributed by atoms with Crippen molar-refractivity contribution < 1.29 is 9.47 Å². The summed E-state index contributed by atoms with van der Waals surface area (Å²) in [5.41, 5.74) is 3.54. The van der Waals surface area contributed by atoms with Gasteiger partial charge in [0.15, 0.2) is 11.5 Å². The van der Waals surface area contributed by atoms with Gasteiger partial charge in [0.1, 0.15) is 6.61 Å². The lowest BCUT2D eigenvalue weighted by Gasteiger charge is -2.18. The molecule has 0 bridgehead atoms. The maximum absolute atomic E-state index is 6.08. The summed E-state index contributed by atoms with van der Waals surface area (Å²) < 4.78 is 12.8. The molecule has 0 aliphatic heterocycles. The molecule has 0 aromatic heterocycles. The maximum atomic E-state index is 6.08. The monoisotopic (exact) mass is 501 g/mol. The molecular formula is C26H29BrClNO2. The fraction of sp³-hybridized carbons (Fsp3) is 0.308. The van der Waals surface area contributed by atoms with Crippen LogP contribution in [0, 0.1) is 0 Å². The smallest absolute Gasteiger partial charge is 0.175 e. The molecule has 0 amide bonds. The van der Waals surface area contributed by atoms with Crippen molar-refractivity contribution in [1.82, 2.24) is 5.32 Å². The molecule has 3 rings (SSSR count). The summed E-state index contributed by atoms with van der Waals surface area (Å²) in [6, 6.07) is 22.8. The van der Waals surface area contributed by atoms with Crippen molar-refractivity contribution in [2.45, 2.75) is 45.9 Å². The standard InChI is InChI=1S/C26H29BrClNO2/c1-3-30-25-16-22(17-29-19(2)12-13-20-8-5-4-6-9-20)15-24(27)26(25)31-18-21-10-7-11-23(28)14-21/h4-11,14-16,19,29H,3,12-13,17-18H2,1-2H3/t19-/m0/s1. The number of halogens is 2. The zero-order valence-corrected chi connectivity index (χ0v) is 20.4. The van der Waals surface area contributed by atoms with Crippen molar-refractivity contribution >= 4 is 27.5 Å². The number of benzene rings is 3. The van der Waals surface area contributed by atoms with E-state index in [-0.39, 0.29) is 0 Å². The molecule has 3 aromatic carbocycles. The predicted molar refractivity (Wildman–Crippen MR) is 132 cm³/mol. The van der Waals surface area contributed by atoms with E-state index in [9.17, 15) is 0 Å². The molecule has 31 heavy (non-hydrogen) atoms. The Balaban J connectivity index is 1.60. The van der Waals surface area contributed by atoms with Gasteiger partial charge in [0.25, 0.3) is 0 Å². The Morgan fingerprint density at radius 1 is 0.935 bits per heavy atom. The summed E-state index contributed by atoms with van der Waals surface area (Å²) in [7, 11) is 0. The third-order valence-electron chi connectivity index (χ3n) is 5.00. The van der Waals surface area contributed by atoms with Crippen molar-refractivity contribution in [3.05, 3.63) is 92.9 Å². The first kappa shape index (κ1) is 23.6. The van der Waals surface area contributed by atoms with Gasteiger partial charge in [-0.1, -0.05) is 54.1 Å². The van der Waals surface area contributed by atoms with Gasteiger partial charge in [-0.3, -0.25) is 0 Å². The number of rotatable bonds is 11. The Bertz CT molecular complexity index is 965. The van der Waals surface area contributed by atoms with Crippen molar-refractivity contribution in [3.63, 3.8) is 0 Å². The van der Waals surface area contributed by atoms with E-state index in [1.807, 2.05) is 31.2 Å². The SMILES string of the molecule is CCOc1cc(CN[C@@H](C)CCc2ccccc2)cc(Br)c1OCc1cccc(Cl)c1. The lowest BCUT2D eigenvalue weighted by atomic mass is 10.1. The molecule has 3 aromatic rings. The highest BCUT2D eigenvalue weighted by Crippen LogP contribution is 2.37. The largest absolute Gasteiger partial charge is 0.490 e. The summed E-state index contributed by atoms with van der Waals surface area (Å²) in [6.07, 6.45) is 2.16. The van der Waals surface area contributed by atoms with Crippen LogP contribution in [-0.2, 0) is 19.6 Å². The van der Waals surface area contributed by atoms with Crippen LogP contribution in [-0.4, -0.2) is 12.6 Å². The van der Waals surface area contributed by atoms with E-state index in [0.717, 1.165) is 40.7 Å². The van der Waals surface area contributed by atoms with Crippen molar-refractivity contribution in [2.24, 2.45) is 0 Å². The average Bonchev–Trinajstić information content (AvgIpc) is 2.76. The Morgan fingerprint density at radius 3 is 2.45 bits per heavy atom. The molecule has 0 aliphatic carbocycles. The number of hydrogen-bond acceptors (Lipinski definition) is 3. The summed E-state index contributed by atoms with van der Waals surface area (Å²) >= 11 is 9.75. The second-order valence-corrected chi connectivity index (χ2v) is 8.85. The minimum Gasteiger partial charge on any atom is -0.490 e. The van der Waals surface area contributed by atoms with Gasteiger partial charge in [0.05, 0.1) is 11.1 Å². The number of ether oxygens (including phenoxy) is 2. The van der Waals surface area contributed by atoms with Gasteiger partial charge < -0.3 is 14.8 Å². The second-order valence-electron chi connectivity index (χ2n) is 7.56. The summed E-state index contributed by atoms with van der Waals surface area (Å²) in [5, 5.41) is 4.32. The molecule has 0 spiro atoms. The van der Waals surface area contributed by atoms with Crippen LogP contribution in [0.1, 0.15) is 37.0 Å². The van der Waals surface area contributed by atoms with Crippen LogP contribution in [0.5, 0.6) is 11.5 Å². The minimum absolute atomic E-state index is 0.410. The molecule has 0 radical (unpaired) electrons. The molecule has 0 aliphatic rings. The molecule has 164 valence electrons. The normalized spacial score (nSPS) is 11.9. The van der Waals surface area contributed by atoms with Gasteiger partial charge in [0.2, 0.25) is 0 Å². The van der Waals surface area contributed by atoms with Crippen LogP contribution in [0.4, 0.5) is 0 Å². The Labute approximate surface area is 198 Å². The van der Waals surface area contributed by atoms with Gasteiger partial charge in [-0.25, -0.2) is 0 Å². The summed E-state index contributed by atoms with van der Waals surface area (Å²) in [6.45, 7) is 5.97. The minimum atomic E-state index is 0.410. The average molecular weight is 503 g/mol. The first-order valence-electron chi connectivity index (χ1n) is 10.6. The van der Waals surface area contributed by atoms with E-state index < -0.39 is 0 Å². The van der Waals surface area contributed by atoms with Crippen molar-refractivity contribution in [1.29, 1.82) is 0 Å². The van der Waals surface area contributed by atoms with Crippen LogP contribution >= 0.6 is 27.5 Å². The molecule has 5 heteroatoms. The molecule has 0 saturated carbocycles. The van der Waals surface area contributed by atoms with E-state index in [1.54, 1.807) is 0 Å². The van der Waals surface area contributed by atoms with Crippen LogP contribution in [0.15, 0.2) is 71.2 Å². The third-order valence-corrected chi connectivity index (χ3v) is 5.83. The Hall–Kier alpha value is -2.01. The maximum Gasteiger partial charge on any atom is 0.175 e. The zero-order chi connectivity index (χ0) is 22.1. The first-order chi connectivity index (χ1) is 15.0. The lowest BCUT2D eigenvalue weighted by molar-refractivity contribution is 0.267. The fourth-order valence-electron chi connectivity index (χ4n) is 3.33. The van der Waals surface area contributed by atoms with E-state index >= 15 is 0 Å². The predicted octanol–water partition coefficient (Wildman–Crippen LogP) is 7.19. The topological polar surface area (TPSA) is 30.5 Å². The lowest BCUT2D eigenvalue weighted by Crippen LogP contribution is -2.26. The molecule has 1 atom stereocenters. The molecule has 0 saturated heterocycles. The zero-order valence-electron chi connectivity index (χ0n) is 18.0. The third kappa shape index (κ3) is 7.57. The molecule has 0 unspecified atom stereocenters. The number of nitrogens with one attached hydrogen (secondary N) is 1. The summed E-state index contributed by atoms with van der Waals surface area (Å²) in [5.74, 6) is 1.45. The van der Waals surface area contributed by atoms with Gasteiger partial charge >= 0.3 is 0 Å². The van der Waals surface area contributed by atoms with Crippen LogP contribution < -0.4 is 14.8 Å². The highest BCUT2D eigenvalue weighted by molar-refractivity contribution is 9.10. The molecule has 3 nitrogen and oxygen atoms in total. The van der Waals surface area contributed by atoms with E-state index in [1.165, 1.54) is 5.56 Å². The van der Waals surface area contributed by atoms with Gasteiger partial charge in [0, 0.05) is 17.6 Å².